The molecule has 90 valence electrons. The molecule has 2 nitrogen and oxygen atoms in total. The van der Waals surface area contributed by atoms with E-state index < -0.39 is 24.6 Å². The third kappa shape index (κ3) is 3.65. The molecule has 0 heterocycles. The van der Waals surface area contributed by atoms with Crippen LogP contribution >= 0.6 is 0 Å². The van der Waals surface area contributed by atoms with E-state index in [1.165, 1.54) is 0 Å². The Morgan fingerprint density at radius 1 is 1.06 bits per heavy atom. The van der Waals surface area contributed by atoms with Gasteiger partial charge in [0.2, 0.25) is 0 Å². The third-order valence-electron chi connectivity index (χ3n) is 1.77. The molecule has 0 spiro atoms. The van der Waals surface area contributed by atoms with Crippen LogP contribution in [0.1, 0.15) is 11.6 Å². The van der Waals surface area contributed by atoms with Crippen molar-refractivity contribution in [3.63, 3.8) is 0 Å². The SMILES string of the molecule is N[C@@H](c1ccc(OC(F)(F)F)cc1)C(F)F. The molecule has 0 amide bonds. The molecule has 0 saturated carbocycles. The predicted molar refractivity (Wildman–Crippen MR) is 46.1 cm³/mol. The van der Waals surface area contributed by atoms with Gasteiger partial charge in [-0.15, -0.1) is 13.2 Å². The van der Waals surface area contributed by atoms with Crippen molar-refractivity contribution in [2.24, 2.45) is 5.73 Å². The highest BCUT2D eigenvalue weighted by Gasteiger charge is 2.31. The van der Waals surface area contributed by atoms with Crippen LogP contribution < -0.4 is 10.5 Å². The number of halogens is 5. The summed E-state index contributed by atoms with van der Waals surface area (Å²) in [5.74, 6) is -0.474. The van der Waals surface area contributed by atoms with E-state index in [1.54, 1.807) is 0 Å². The minimum Gasteiger partial charge on any atom is -0.406 e. The van der Waals surface area contributed by atoms with Gasteiger partial charge < -0.3 is 10.5 Å². The van der Waals surface area contributed by atoms with E-state index in [4.69, 9.17) is 5.73 Å². The summed E-state index contributed by atoms with van der Waals surface area (Å²) in [5, 5.41) is 0. The quantitative estimate of drug-likeness (QED) is 0.826. The van der Waals surface area contributed by atoms with Crippen molar-refractivity contribution in [1.29, 1.82) is 0 Å². The van der Waals surface area contributed by atoms with E-state index in [9.17, 15) is 22.0 Å². The second-order valence-electron chi connectivity index (χ2n) is 2.98. The number of hydrogen-bond acceptors (Lipinski definition) is 2. The number of benzene rings is 1. The van der Waals surface area contributed by atoms with E-state index in [2.05, 4.69) is 4.74 Å². The van der Waals surface area contributed by atoms with Crippen LogP contribution in [0.15, 0.2) is 24.3 Å². The Hall–Kier alpha value is -1.37. The number of alkyl halides is 5. The highest BCUT2D eigenvalue weighted by atomic mass is 19.4. The Balaban J connectivity index is 2.76. The summed E-state index contributed by atoms with van der Waals surface area (Å²) >= 11 is 0. The largest absolute Gasteiger partial charge is 0.573 e. The molecule has 0 radical (unpaired) electrons. The summed E-state index contributed by atoms with van der Waals surface area (Å²) < 4.78 is 63.2. The molecule has 1 atom stereocenters. The Kier molecular flexibility index (Phi) is 3.69. The van der Waals surface area contributed by atoms with Crippen LogP contribution in [0.4, 0.5) is 22.0 Å². The summed E-state index contributed by atoms with van der Waals surface area (Å²) in [5.41, 5.74) is 5.15. The fourth-order valence-electron chi connectivity index (χ4n) is 1.04. The van der Waals surface area contributed by atoms with Gasteiger partial charge in [-0.2, -0.15) is 0 Å². The van der Waals surface area contributed by atoms with E-state index in [1.807, 2.05) is 0 Å². The number of rotatable bonds is 3. The molecule has 0 unspecified atom stereocenters. The first-order valence-corrected chi connectivity index (χ1v) is 4.19. The topological polar surface area (TPSA) is 35.2 Å². The molecule has 1 aromatic rings. The van der Waals surface area contributed by atoms with Crippen LogP contribution in [-0.4, -0.2) is 12.8 Å². The molecule has 0 bridgehead atoms. The lowest BCUT2D eigenvalue weighted by Gasteiger charge is -2.12. The van der Waals surface area contributed by atoms with Gasteiger partial charge in [-0.25, -0.2) is 8.78 Å². The van der Waals surface area contributed by atoms with Gasteiger partial charge in [0.1, 0.15) is 5.75 Å². The first-order chi connectivity index (χ1) is 7.29. The van der Waals surface area contributed by atoms with Crippen LogP contribution in [0, 0.1) is 0 Å². The molecular weight excluding hydrogens is 233 g/mol. The van der Waals surface area contributed by atoms with Gasteiger partial charge in [0, 0.05) is 0 Å². The Labute approximate surface area is 87.8 Å². The zero-order valence-corrected chi connectivity index (χ0v) is 7.84. The standard InChI is InChI=1S/C9H8F5NO/c10-8(11)7(15)5-1-3-6(4-2-5)16-9(12,13)14/h1-4,7-8H,15H2/t7-/m0/s1. The Morgan fingerprint density at radius 3 is 1.94 bits per heavy atom. The third-order valence-corrected chi connectivity index (χ3v) is 1.77. The number of ether oxygens (including phenoxy) is 1. The monoisotopic (exact) mass is 241 g/mol. The van der Waals surface area contributed by atoms with E-state index in [0.717, 1.165) is 24.3 Å². The van der Waals surface area contributed by atoms with E-state index in [0.29, 0.717) is 0 Å². The van der Waals surface area contributed by atoms with Crippen molar-refractivity contribution in [3.05, 3.63) is 29.8 Å². The summed E-state index contributed by atoms with van der Waals surface area (Å²) in [4.78, 5) is 0. The maximum Gasteiger partial charge on any atom is 0.573 e. The molecule has 2 N–H and O–H groups in total. The van der Waals surface area contributed by atoms with Crippen molar-refractivity contribution in [2.75, 3.05) is 0 Å². The van der Waals surface area contributed by atoms with Crippen LogP contribution in [0.5, 0.6) is 5.75 Å². The van der Waals surface area contributed by atoms with Crippen LogP contribution in [0.3, 0.4) is 0 Å². The van der Waals surface area contributed by atoms with Gasteiger partial charge in [0.05, 0.1) is 6.04 Å². The average Bonchev–Trinajstić information content (AvgIpc) is 2.15. The summed E-state index contributed by atoms with van der Waals surface area (Å²) in [6, 6.07) is 2.49. The maximum absolute atomic E-state index is 12.1. The highest BCUT2D eigenvalue weighted by Crippen LogP contribution is 2.25. The van der Waals surface area contributed by atoms with E-state index >= 15 is 0 Å². The Morgan fingerprint density at radius 2 is 1.56 bits per heavy atom. The molecule has 1 rings (SSSR count). The fourth-order valence-corrected chi connectivity index (χ4v) is 1.04. The molecule has 0 saturated heterocycles. The fraction of sp³-hybridized carbons (Fsp3) is 0.333. The van der Waals surface area contributed by atoms with E-state index in [-0.39, 0.29) is 5.56 Å². The summed E-state index contributed by atoms with van der Waals surface area (Å²) in [6.45, 7) is 0. The average molecular weight is 241 g/mol. The molecule has 0 aliphatic heterocycles. The zero-order chi connectivity index (χ0) is 12.3. The molecule has 16 heavy (non-hydrogen) atoms. The molecule has 0 aliphatic carbocycles. The number of nitrogens with two attached hydrogens (primary N) is 1. The van der Waals surface area contributed by atoms with Crippen molar-refractivity contribution in [1.82, 2.24) is 0 Å². The molecular formula is C9H8F5NO. The predicted octanol–water partition coefficient (Wildman–Crippen LogP) is 2.85. The van der Waals surface area contributed by atoms with Gasteiger partial charge in [-0.1, -0.05) is 12.1 Å². The van der Waals surface area contributed by atoms with Crippen LogP contribution in [-0.2, 0) is 0 Å². The molecule has 0 aliphatic rings. The van der Waals surface area contributed by atoms with Gasteiger partial charge in [-0.05, 0) is 17.7 Å². The minimum absolute atomic E-state index is 0.0459. The maximum atomic E-state index is 12.1. The van der Waals surface area contributed by atoms with Crippen molar-refractivity contribution >= 4 is 0 Å². The lowest BCUT2D eigenvalue weighted by molar-refractivity contribution is -0.274. The lowest BCUT2D eigenvalue weighted by atomic mass is 10.1. The molecule has 1 aromatic carbocycles. The first-order valence-electron chi connectivity index (χ1n) is 4.19. The van der Waals surface area contributed by atoms with Gasteiger partial charge >= 0.3 is 6.36 Å². The number of hydrogen-bond donors (Lipinski definition) is 1. The van der Waals surface area contributed by atoms with Gasteiger partial charge in [0.15, 0.2) is 0 Å². The zero-order valence-electron chi connectivity index (χ0n) is 7.84. The van der Waals surface area contributed by atoms with Gasteiger partial charge in [-0.3, -0.25) is 0 Å². The first kappa shape index (κ1) is 12.7. The van der Waals surface area contributed by atoms with Crippen molar-refractivity contribution in [2.45, 2.75) is 18.8 Å². The molecule has 7 heteroatoms. The second kappa shape index (κ2) is 4.65. The lowest BCUT2D eigenvalue weighted by Crippen LogP contribution is -2.19. The van der Waals surface area contributed by atoms with Gasteiger partial charge in [0.25, 0.3) is 6.43 Å². The smallest absolute Gasteiger partial charge is 0.406 e. The summed E-state index contributed by atoms with van der Waals surface area (Å²) in [7, 11) is 0. The highest BCUT2D eigenvalue weighted by molar-refractivity contribution is 5.29. The molecule has 0 fully saturated rings. The van der Waals surface area contributed by atoms with Crippen molar-refractivity contribution in [3.8, 4) is 5.75 Å². The van der Waals surface area contributed by atoms with Crippen molar-refractivity contribution < 1.29 is 26.7 Å². The van der Waals surface area contributed by atoms with Crippen LogP contribution in [0.2, 0.25) is 0 Å². The second-order valence-corrected chi connectivity index (χ2v) is 2.98. The molecule has 0 aromatic heterocycles. The summed E-state index contributed by atoms with van der Waals surface area (Å²) in [6.07, 6.45) is -7.57. The van der Waals surface area contributed by atoms with Crippen LogP contribution in [0.25, 0.3) is 0 Å². The normalized spacial score (nSPS) is 13.9. The minimum atomic E-state index is -4.80. The Bertz CT molecular complexity index is 335.